The average molecular weight is 396 g/mol. The first kappa shape index (κ1) is 20.2. The Bertz CT molecular complexity index is 881. The van der Waals surface area contributed by atoms with Crippen molar-refractivity contribution in [2.45, 2.75) is 37.6 Å². The largest absolute Gasteiger partial charge is 0.328 e. The minimum Gasteiger partial charge on any atom is -0.328 e. The van der Waals surface area contributed by atoms with E-state index < -0.39 is 10.0 Å². The van der Waals surface area contributed by atoms with Crippen LogP contribution in [0.3, 0.4) is 0 Å². The molecule has 1 unspecified atom stereocenters. The second-order valence-electron chi connectivity index (χ2n) is 6.16. The lowest BCUT2D eigenvalue weighted by Crippen LogP contribution is -2.20. The zero-order valence-corrected chi connectivity index (χ0v) is 16.2. The van der Waals surface area contributed by atoms with Crippen LogP contribution in [-0.4, -0.2) is 20.4 Å². The summed E-state index contributed by atoms with van der Waals surface area (Å²) in [6.07, 6.45) is 0.831. The number of hydrogen-bond donors (Lipinski definition) is 3. The predicted molar refractivity (Wildman–Crippen MR) is 105 cm³/mol. The summed E-state index contributed by atoms with van der Waals surface area (Å²) in [7, 11) is -3.81. The van der Waals surface area contributed by atoms with Crippen LogP contribution >= 0.6 is 11.6 Å². The lowest BCUT2D eigenvalue weighted by molar-refractivity contribution is -0.116. The fourth-order valence-electron chi connectivity index (χ4n) is 2.28. The monoisotopic (exact) mass is 395 g/mol. The highest BCUT2D eigenvalue weighted by Gasteiger charge is 2.18. The number of amides is 1. The van der Waals surface area contributed by atoms with E-state index in [1.54, 1.807) is 43.3 Å². The van der Waals surface area contributed by atoms with Gasteiger partial charge in [0, 0.05) is 28.9 Å². The molecule has 1 amide bonds. The summed E-state index contributed by atoms with van der Waals surface area (Å²) < 4.78 is 27.9. The summed E-state index contributed by atoms with van der Waals surface area (Å²) in [4.78, 5) is 12.0. The van der Waals surface area contributed by atoms with Crippen molar-refractivity contribution in [3.8, 4) is 0 Å². The van der Waals surface area contributed by atoms with E-state index in [2.05, 4.69) is 10.0 Å². The number of anilines is 2. The van der Waals surface area contributed by atoms with Crippen molar-refractivity contribution in [2.75, 3.05) is 10.0 Å². The Morgan fingerprint density at radius 3 is 2.38 bits per heavy atom. The number of nitrogens with one attached hydrogen (secondary N) is 2. The molecule has 1 atom stereocenters. The molecule has 26 heavy (non-hydrogen) atoms. The van der Waals surface area contributed by atoms with Gasteiger partial charge in [-0.25, -0.2) is 8.42 Å². The number of nitrogens with two attached hydrogens (primary N) is 1. The third kappa shape index (κ3) is 5.72. The number of halogens is 1. The van der Waals surface area contributed by atoms with Gasteiger partial charge in [-0.2, -0.15) is 0 Å². The zero-order chi connectivity index (χ0) is 19.3. The van der Waals surface area contributed by atoms with Gasteiger partial charge in [0.25, 0.3) is 10.0 Å². The second kappa shape index (κ2) is 8.53. The van der Waals surface area contributed by atoms with Crippen LogP contribution in [0, 0.1) is 6.92 Å². The molecule has 4 N–H and O–H groups in total. The van der Waals surface area contributed by atoms with E-state index in [9.17, 15) is 13.2 Å². The van der Waals surface area contributed by atoms with E-state index in [0.717, 1.165) is 0 Å². The molecule has 0 heterocycles. The molecule has 2 rings (SSSR count). The Balaban J connectivity index is 2.19. The molecule has 0 aliphatic heterocycles. The number of aryl methyl sites for hydroxylation is 1. The molecule has 0 fully saturated rings. The van der Waals surface area contributed by atoms with Gasteiger partial charge in [-0.3, -0.25) is 9.52 Å². The molecule has 0 saturated carbocycles. The van der Waals surface area contributed by atoms with Gasteiger partial charge in [0.1, 0.15) is 0 Å². The molecule has 140 valence electrons. The standard InChI is InChI=1S/C18H22ClN3O3S/c1-12-3-7-16(21-18(23)10-4-13(2)20)11-17(12)26(24,25)22-15-8-5-14(19)6-9-15/h3,5-9,11,13,22H,4,10,20H2,1-2H3,(H,21,23). The number of hydrogen-bond acceptors (Lipinski definition) is 4. The fraction of sp³-hybridized carbons (Fsp3) is 0.278. The minimum absolute atomic E-state index is 0.0710. The van der Waals surface area contributed by atoms with Crippen molar-refractivity contribution in [1.29, 1.82) is 0 Å². The van der Waals surface area contributed by atoms with Gasteiger partial charge in [-0.1, -0.05) is 17.7 Å². The first-order valence-corrected chi connectivity index (χ1v) is 9.98. The van der Waals surface area contributed by atoms with E-state index in [-0.39, 0.29) is 23.3 Å². The lowest BCUT2D eigenvalue weighted by atomic mass is 10.2. The van der Waals surface area contributed by atoms with Crippen LogP contribution in [-0.2, 0) is 14.8 Å². The van der Waals surface area contributed by atoms with E-state index in [1.807, 2.05) is 6.92 Å². The number of rotatable bonds is 7. The Morgan fingerprint density at radius 1 is 1.15 bits per heavy atom. The maximum Gasteiger partial charge on any atom is 0.262 e. The summed E-state index contributed by atoms with van der Waals surface area (Å²) in [5, 5.41) is 3.22. The summed E-state index contributed by atoms with van der Waals surface area (Å²) in [6, 6.07) is 11.0. The zero-order valence-electron chi connectivity index (χ0n) is 14.6. The van der Waals surface area contributed by atoms with Crippen molar-refractivity contribution in [1.82, 2.24) is 0 Å². The molecule has 0 aliphatic carbocycles. The van der Waals surface area contributed by atoms with Crippen molar-refractivity contribution < 1.29 is 13.2 Å². The van der Waals surface area contributed by atoms with Crippen LogP contribution in [0.5, 0.6) is 0 Å². The van der Waals surface area contributed by atoms with E-state index >= 15 is 0 Å². The molecule has 2 aromatic carbocycles. The molecule has 6 nitrogen and oxygen atoms in total. The summed E-state index contributed by atoms with van der Waals surface area (Å²) >= 11 is 5.81. The molecular weight excluding hydrogens is 374 g/mol. The van der Waals surface area contributed by atoms with Crippen molar-refractivity contribution in [2.24, 2.45) is 5.73 Å². The highest BCUT2D eigenvalue weighted by atomic mass is 35.5. The summed E-state index contributed by atoms with van der Waals surface area (Å²) in [6.45, 7) is 3.52. The quantitative estimate of drug-likeness (QED) is 0.667. The van der Waals surface area contributed by atoms with Gasteiger partial charge < -0.3 is 11.1 Å². The molecule has 0 bridgehead atoms. The Hall–Kier alpha value is -2.09. The van der Waals surface area contributed by atoms with E-state index in [0.29, 0.717) is 28.4 Å². The molecule has 2 aromatic rings. The maximum absolute atomic E-state index is 12.7. The molecule has 0 aromatic heterocycles. The number of carbonyl (C=O) groups is 1. The summed E-state index contributed by atoms with van der Waals surface area (Å²) in [5.74, 6) is -0.208. The molecule has 0 radical (unpaired) electrons. The molecule has 0 spiro atoms. The van der Waals surface area contributed by atoms with Crippen LogP contribution in [0.15, 0.2) is 47.4 Å². The number of carbonyl (C=O) groups excluding carboxylic acids is 1. The third-order valence-electron chi connectivity index (χ3n) is 3.68. The van der Waals surface area contributed by atoms with Gasteiger partial charge in [0.15, 0.2) is 0 Å². The Labute approximate surface area is 158 Å². The average Bonchev–Trinajstić information content (AvgIpc) is 2.56. The first-order valence-electron chi connectivity index (χ1n) is 8.12. The highest BCUT2D eigenvalue weighted by molar-refractivity contribution is 7.92. The third-order valence-corrected chi connectivity index (χ3v) is 5.46. The smallest absolute Gasteiger partial charge is 0.262 e. The topological polar surface area (TPSA) is 101 Å². The van der Waals surface area contributed by atoms with Crippen molar-refractivity contribution in [3.63, 3.8) is 0 Å². The van der Waals surface area contributed by atoms with Gasteiger partial charge in [0.05, 0.1) is 4.90 Å². The van der Waals surface area contributed by atoms with Gasteiger partial charge >= 0.3 is 0 Å². The van der Waals surface area contributed by atoms with Gasteiger partial charge in [-0.05, 0) is 62.2 Å². The van der Waals surface area contributed by atoms with Crippen molar-refractivity contribution >= 4 is 38.9 Å². The Kier molecular flexibility index (Phi) is 6.63. The van der Waals surface area contributed by atoms with Crippen molar-refractivity contribution in [3.05, 3.63) is 53.1 Å². The fourth-order valence-corrected chi connectivity index (χ4v) is 3.73. The SMILES string of the molecule is Cc1ccc(NC(=O)CCC(C)N)cc1S(=O)(=O)Nc1ccc(Cl)cc1. The minimum atomic E-state index is -3.81. The van der Waals surface area contributed by atoms with Crippen LogP contribution in [0.2, 0.25) is 5.02 Å². The van der Waals surface area contributed by atoms with Gasteiger partial charge in [-0.15, -0.1) is 0 Å². The lowest BCUT2D eigenvalue weighted by Gasteiger charge is -2.13. The van der Waals surface area contributed by atoms with Crippen LogP contribution in [0.1, 0.15) is 25.3 Å². The van der Waals surface area contributed by atoms with Gasteiger partial charge in [0.2, 0.25) is 5.91 Å². The highest BCUT2D eigenvalue weighted by Crippen LogP contribution is 2.24. The molecule has 0 saturated heterocycles. The molecule has 8 heteroatoms. The van der Waals surface area contributed by atoms with E-state index in [1.165, 1.54) is 6.07 Å². The molecule has 0 aliphatic rings. The van der Waals surface area contributed by atoms with Crippen LogP contribution < -0.4 is 15.8 Å². The number of sulfonamides is 1. The van der Waals surface area contributed by atoms with Crippen LogP contribution in [0.25, 0.3) is 0 Å². The van der Waals surface area contributed by atoms with Crippen LogP contribution in [0.4, 0.5) is 11.4 Å². The molecular formula is C18H22ClN3O3S. The van der Waals surface area contributed by atoms with E-state index in [4.69, 9.17) is 17.3 Å². The predicted octanol–water partition coefficient (Wildman–Crippen LogP) is 3.52. The second-order valence-corrected chi connectivity index (χ2v) is 8.24. The first-order chi connectivity index (χ1) is 12.2. The maximum atomic E-state index is 12.7. The summed E-state index contributed by atoms with van der Waals surface area (Å²) in [5.41, 5.74) is 7.03. The number of benzene rings is 2. The Morgan fingerprint density at radius 2 is 1.77 bits per heavy atom. The normalized spacial score (nSPS) is 12.5.